The van der Waals surface area contributed by atoms with Crippen molar-refractivity contribution in [2.45, 2.75) is 37.2 Å². The van der Waals surface area contributed by atoms with Crippen LogP contribution in [0.1, 0.15) is 37.0 Å². The van der Waals surface area contributed by atoms with Gasteiger partial charge in [0, 0.05) is 6.54 Å². The minimum Gasteiger partial charge on any atom is -0.478 e. The molecule has 1 aromatic rings. The van der Waals surface area contributed by atoms with Crippen molar-refractivity contribution in [3.05, 3.63) is 28.8 Å². The number of carboxylic acids is 1. The monoisotopic (exact) mass is 335 g/mol. The van der Waals surface area contributed by atoms with E-state index in [-0.39, 0.29) is 22.0 Å². The predicted octanol–water partition coefficient (Wildman–Crippen LogP) is 1.87. The molecule has 0 spiro atoms. The molecule has 0 heterocycles. The third kappa shape index (κ3) is 4.96. The van der Waals surface area contributed by atoms with Crippen LogP contribution in [-0.2, 0) is 10.0 Å². The van der Waals surface area contributed by atoms with E-state index in [0.717, 1.165) is 6.07 Å². The summed E-state index contributed by atoms with van der Waals surface area (Å²) in [5, 5.41) is 18.9. The highest BCUT2D eigenvalue weighted by Crippen LogP contribution is 2.21. The standard InChI is InChI=1S/C13H18ClNO5S/c1-3-6-13(2,18)8-15-21(19,20)9-4-5-11(14)10(7-9)12(16)17/h4-5,7,15,18H,3,6,8H2,1-2H3,(H,16,17). The largest absolute Gasteiger partial charge is 0.478 e. The van der Waals surface area contributed by atoms with Crippen molar-refractivity contribution in [1.82, 2.24) is 4.72 Å². The minimum absolute atomic E-state index is 0.0422. The fourth-order valence-corrected chi connectivity index (χ4v) is 3.18. The van der Waals surface area contributed by atoms with Crippen LogP contribution in [0.4, 0.5) is 0 Å². The summed E-state index contributed by atoms with van der Waals surface area (Å²) in [6.07, 6.45) is 1.15. The zero-order valence-electron chi connectivity index (χ0n) is 11.8. The van der Waals surface area contributed by atoms with E-state index in [2.05, 4.69) is 4.72 Å². The molecule has 0 aliphatic carbocycles. The number of hydrogen-bond acceptors (Lipinski definition) is 4. The quantitative estimate of drug-likeness (QED) is 0.705. The van der Waals surface area contributed by atoms with Crippen molar-refractivity contribution in [2.24, 2.45) is 0 Å². The lowest BCUT2D eigenvalue weighted by Gasteiger charge is -2.22. The van der Waals surface area contributed by atoms with Gasteiger partial charge >= 0.3 is 5.97 Å². The van der Waals surface area contributed by atoms with Gasteiger partial charge in [0.2, 0.25) is 10.0 Å². The Kier molecular flexibility index (Phi) is 5.75. The fraction of sp³-hybridized carbons (Fsp3) is 0.462. The highest BCUT2D eigenvalue weighted by molar-refractivity contribution is 7.89. The summed E-state index contributed by atoms with van der Waals surface area (Å²) in [4.78, 5) is 10.8. The van der Waals surface area contributed by atoms with Crippen molar-refractivity contribution in [3.8, 4) is 0 Å². The van der Waals surface area contributed by atoms with Crippen molar-refractivity contribution >= 4 is 27.6 Å². The number of rotatable bonds is 7. The van der Waals surface area contributed by atoms with Crippen LogP contribution in [0.2, 0.25) is 5.02 Å². The molecule has 0 aromatic heterocycles. The summed E-state index contributed by atoms with van der Waals surface area (Å²) in [5.74, 6) is -1.31. The summed E-state index contributed by atoms with van der Waals surface area (Å²) in [6.45, 7) is 3.25. The Morgan fingerprint density at radius 3 is 2.57 bits per heavy atom. The predicted molar refractivity (Wildman–Crippen MR) is 79.1 cm³/mol. The average Bonchev–Trinajstić information content (AvgIpc) is 2.36. The third-order valence-electron chi connectivity index (χ3n) is 2.91. The molecule has 6 nitrogen and oxygen atoms in total. The Labute approximate surface area is 128 Å². The Hall–Kier alpha value is -1.15. The van der Waals surface area contributed by atoms with Gasteiger partial charge in [-0.2, -0.15) is 0 Å². The van der Waals surface area contributed by atoms with Crippen molar-refractivity contribution in [1.29, 1.82) is 0 Å². The molecule has 8 heteroatoms. The Bertz CT molecular complexity index is 627. The van der Waals surface area contributed by atoms with Crippen LogP contribution >= 0.6 is 11.6 Å². The molecule has 0 amide bonds. The minimum atomic E-state index is -3.92. The fourth-order valence-electron chi connectivity index (χ4n) is 1.80. The molecule has 1 unspecified atom stereocenters. The molecule has 1 aromatic carbocycles. The van der Waals surface area contributed by atoms with Gasteiger partial charge in [-0.05, 0) is 31.5 Å². The number of aromatic carboxylic acids is 1. The number of halogens is 1. The van der Waals surface area contributed by atoms with E-state index < -0.39 is 21.6 Å². The number of sulfonamides is 1. The summed E-state index contributed by atoms with van der Waals surface area (Å²) in [5.41, 5.74) is -1.45. The molecule has 0 fully saturated rings. The second-order valence-electron chi connectivity index (χ2n) is 5.02. The van der Waals surface area contributed by atoms with Gasteiger partial charge in [0.1, 0.15) is 0 Å². The van der Waals surface area contributed by atoms with Gasteiger partial charge in [-0.1, -0.05) is 24.9 Å². The summed E-state index contributed by atoms with van der Waals surface area (Å²) < 4.78 is 26.5. The summed E-state index contributed by atoms with van der Waals surface area (Å²) in [7, 11) is -3.92. The highest BCUT2D eigenvalue weighted by Gasteiger charge is 2.24. The second-order valence-corrected chi connectivity index (χ2v) is 7.19. The van der Waals surface area contributed by atoms with Crippen molar-refractivity contribution in [2.75, 3.05) is 6.54 Å². The van der Waals surface area contributed by atoms with Crippen LogP contribution in [0.25, 0.3) is 0 Å². The lowest BCUT2D eigenvalue weighted by molar-refractivity contribution is 0.0554. The molecule has 21 heavy (non-hydrogen) atoms. The molecule has 0 radical (unpaired) electrons. The topological polar surface area (TPSA) is 104 Å². The molecule has 0 aliphatic rings. The maximum absolute atomic E-state index is 12.1. The van der Waals surface area contributed by atoms with Crippen LogP contribution in [0.5, 0.6) is 0 Å². The van der Waals surface area contributed by atoms with E-state index in [4.69, 9.17) is 16.7 Å². The molecule has 0 saturated heterocycles. The summed E-state index contributed by atoms with van der Waals surface area (Å²) in [6, 6.07) is 3.41. The number of hydrogen-bond donors (Lipinski definition) is 3. The molecule has 0 aliphatic heterocycles. The lowest BCUT2D eigenvalue weighted by atomic mass is 10.0. The van der Waals surface area contributed by atoms with E-state index in [1.54, 1.807) is 0 Å². The van der Waals surface area contributed by atoms with Crippen LogP contribution in [0.3, 0.4) is 0 Å². The highest BCUT2D eigenvalue weighted by atomic mass is 35.5. The van der Waals surface area contributed by atoms with Gasteiger partial charge in [0.05, 0.1) is 21.1 Å². The zero-order chi connectivity index (χ0) is 16.3. The SMILES string of the molecule is CCCC(C)(O)CNS(=O)(=O)c1ccc(Cl)c(C(=O)O)c1. The number of nitrogens with one attached hydrogen (secondary N) is 1. The van der Waals surface area contributed by atoms with Crippen LogP contribution < -0.4 is 4.72 Å². The number of carbonyl (C=O) groups is 1. The molecule has 1 atom stereocenters. The van der Waals surface area contributed by atoms with E-state index >= 15 is 0 Å². The molecule has 118 valence electrons. The maximum atomic E-state index is 12.1. The van der Waals surface area contributed by atoms with E-state index in [1.807, 2.05) is 6.92 Å². The molecular formula is C13H18ClNO5S. The smallest absolute Gasteiger partial charge is 0.337 e. The van der Waals surface area contributed by atoms with E-state index in [1.165, 1.54) is 19.1 Å². The van der Waals surface area contributed by atoms with Crippen molar-refractivity contribution < 1.29 is 23.4 Å². The van der Waals surface area contributed by atoms with Crippen LogP contribution in [0.15, 0.2) is 23.1 Å². The first-order chi connectivity index (χ1) is 9.59. The van der Waals surface area contributed by atoms with Crippen molar-refractivity contribution in [3.63, 3.8) is 0 Å². The second kappa shape index (κ2) is 6.74. The lowest BCUT2D eigenvalue weighted by Crippen LogP contribution is -2.40. The van der Waals surface area contributed by atoms with Gasteiger partial charge in [-0.3, -0.25) is 0 Å². The van der Waals surface area contributed by atoms with Gasteiger partial charge in [-0.15, -0.1) is 0 Å². The average molecular weight is 336 g/mol. The molecular weight excluding hydrogens is 318 g/mol. The Balaban J connectivity index is 2.99. The molecule has 1 rings (SSSR count). The number of aliphatic hydroxyl groups is 1. The van der Waals surface area contributed by atoms with Gasteiger partial charge < -0.3 is 10.2 Å². The first-order valence-electron chi connectivity index (χ1n) is 6.34. The van der Waals surface area contributed by atoms with Crippen LogP contribution in [0, 0.1) is 0 Å². The van der Waals surface area contributed by atoms with Crippen LogP contribution in [-0.4, -0.2) is 36.7 Å². The Morgan fingerprint density at radius 2 is 2.05 bits per heavy atom. The first kappa shape index (κ1) is 17.9. The summed E-state index contributed by atoms with van der Waals surface area (Å²) >= 11 is 5.70. The molecule has 0 bridgehead atoms. The molecule has 0 saturated carbocycles. The van der Waals surface area contributed by atoms with Gasteiger partial charge in [-0.25, -0.2) is 17.9 Å². The van der Waals surface area contributed by atoms with E-state index in [9.17, 15) is 18.3 Å². The number of carboxylic acid groups (broad SMARTS) is 1. The number of benzene rings is 1. The van der Waals surface area contributed by atoms with Gasteiger partial charge in [0.25, 0.3) is 0 Å². The Morgan fingerprint density at radius 1 is 1.43 bits per heavy atom. The first-order valence-corrected chi connectivity index (χ1v) is 8.20. The zero-order valence-corrected chi connectivity index (χ0v) is 13.3. The third-order valence-corrected chi connectivity index (χ3v) is 4.64. The normalized spacial score (nSPS) is 14.7. The maximum Gasteiger partial charge on any atom is 0.337 e. The van der Waals surface area contributed by atoms with E-state index in [0.29, 0.717) is 12.8 Å². The van der Waals surface area contributed by atoms with Gasteiger partial charge in [0.15, 0.2) is 0 Å². The molecule has 3 N–H and O–H groups in total.